The summed E-state index contributed by atoms with van der Waals surface area (Å²) in [5.74, 6) is -1.04. The van der Waals surface area contributed by atoms with Gasteiger partial charge in [-0.15, -0.1) is 0 Å². The van der Waals surface area contributed by atoms with Gasteiger partial charge in [-0.3, -0.25) is 4.98 Å². The van der Waals surface area contributed by atoms with Crippen molar-refractivity contribution in [2.45, 2.75) is 0 Å². The highest BCUT2D eigenvalue weighted by Crippen LogP contribution is 2.25. The number of nitrogens with two attached hydrogens (primary N) is 1. The molecule has 2 rings (SSSR count). The Morgan fingerprint density at radius 1 is 1.40 bits per heavy atom. The number of aromatic carboxylic acids is 1. The van der Waals surface area contributed by atoms with Crippen LogP contribution in [-0.2, 0) is 0 Å². The molecule has 15 heavy (non-hydrogen) atoms. The van der Waals surface area contributed by atoms with Gasteiger partial charge in [0, 0.05) is 18.0 Å². The second-order valence-electron chi connectivity index (χ2n) is 2.77. The van der Waals surface area contributed by atoms with Gasteiger partial charge in [0.25, 0.3) is 6.01 Å². The molecule has 0 radical (unpaired) electrons. The first kappa shape index (κ1) is 9.20. The summed E-state index contributed by atoms with van der Waals surface area (Å²) in [5.41, 5.74) is 5.68. The number of carbonyl (C=O) groups is 1. The molecule has 0 bridgehead atoms. The van der Waals surface area contributed by atoms with Gasteiger partial charge in [-0.1, -0.05) is 0 Å². The van der Waals surface area contributed by atoms with Gasteiger partial charge < -0.3 is 15.3 Å². The zero-order valence-electron chi connectivity index (χ0n) is 7.54. The molecule has 2 aromatic heterocycles. The number of carboxylic acid groups (broad SMARTS) is 1. The zero-order valence-corrected chi connectivity index (χ0v) is 7.54. The van der Waals surface area contributed by atoms with Crippen molar-refractivity contribution in [1.29, 1.82) is 0 Å². The summed E-state index contributed by atoms with van der Waals surface area (Å²) in [7, 11) is 0. The van der Waals surface area contributed by atoms with Crippen LogP contribution in [0.2, 0.25) is 0 Å². The maximum atomic E-state index is 10.8. The van der Waals surface area contributed by atoms with Gasteiger partial charge in [-0.05, 0) is 12.1 Å². The van der Waals surface area contributed by atoms with Crippen molar-refractivity contribution in [3.8, 4) is 11.3 Å². The summed E-state index contributed by atoms with van der Waals surface area (Å²) in [6.45, 7) is 0. The standard InChI is InChI=1S/C9H7N3O3/c10-9-12-6(8(13)14)7(15-9)5-1-3-11-4-2-5/h1-4H,(H2,10,12)(H,13,14). The van der Waals surface area contributed by atoms with Crippen LogP contribution in [0.4, 0.5) is 6.01 Å². The third-order valence-corrected chi connectivity index (χ3v) is 1.79. The molecule has 0 aliphatic carbocycles. The molecular formula is C9H7N3O3. The van der Waals surface area contributed by atoms with Gasteiger partial charge in [-0.25, -0.2) is 4.79 Å². The molecule has 0 unspecified atom stereocenters. The molecular weight excluding hydrogens is 198 g/mol. The molecule has 3 N–H and O–H groups in total. The Labute approximate surface area is 84.4 Å². The van der Waals surface area contributed by atoms with Crippen LogP contribution in [0.3, 0.4) is 0 Å². The molecule has 76 valence electrons. The largest absolute Gasteiger partial charge is 0.476 e. The Hall–Kier alpha value is -2.37. The van der Waals surface area contributed by atoms with E-state index in [1.54, 1.807) is 12.1 Å². The van der Waals surface area contributed by atoms with Gasteiger partial charge in [-0.2, -0.15) is 4.98 Å². The normalized spacial score (nSPS) is 10.1. The molecule has 6 nitrogen and oxygen atoms in total. The van der Waals surface area contributed by atoms with Crippen molar-refractivity contribution in [2.75, 3.05) is 5.73 Å². The van der Waals surface area contributed by atoms with E-state index in [4.69, 9.17) is 15.3 Å². The summed E-state index contributed by atoms with van der Waals surface area (Å²) in [4.78, 5) is 18.2. The van der Waals surface area contributed by atoms with E-state index in [0.29, 0.717) is 5.56 Å². The topological polar surface area (TPSA) is 102 Å². The van der Waals surface area contributed by atoms with E-state index in [2.05, 4.69) is 9.97 Å². The molecule has 0 fully saturated rings. The molecule has 0 aromatic carbocycles. The van der Waals surface area contributed by atoms with Gasteiger partial charge >= 0.3 is 5.97 Å². The first-order valence-corrected chi connectivity index (χ1v) is 4.08. The molecule has 0 aliphatic rings. The number of aromatic nitrogens is 2. The summed E-state index contributed by atoms with van der Waals surface area (Å²) >= 11 is 0. The number of oxazole rings is 1. The van der Waals surface area contributed by atoms with Gasteiger partial charge in [0.2, 0.25) is 0 Å². The highest BCUT2D eigenvalue weighted by Gasteiger charge is 2.19. The van der Waals surface area contributed by atoms with Gasteiger partial charge in [0.15, 0.2) is 11.5 Å². The van der Waals surface area contributed by atoms with Crippen LogP contribution < -0.4 is 5.73 Å². The first-order valence-electron chi connectivity index (χ1n) is 4.08. The lowest BCUT2D eigenvalue weighted by atomic mass is 10.2. The van der Waals surface area contributed by atoms with Crippen molar-refractivity contribution in [1.82, 2.24) is 9.97 Å². The van der Waals surface area contributed by atoms with Gasteiger partial charge in [0.1, 0.15) is 0 Å². The second-order valence-corrected chi connectivity index (χ2v) is 2.77. The number of hydrogen-bond donors (Lipinski definition) is 2. The van der Waals surface area contributed by atoms with Crippen LogP contribution in [0.5, 0.6) is 0 Å². The van der Waals surface area contributed by atoms with Crippen molar-refractivity contribution in [2.24, 2.45) is 0 Å². The highest BCUT2D eigenvalue weighted by molar-refractivity contribution is 5.92. The smallest absolute Gasteiger partial charge is 0.358 e. The minimum atomic E-state index is -1.18. The number of pyridine rings is 1. The summed E-state index contributed by atoms with van der Waals surface area (Å²) in [6, 6.07) is 3.07. The lowest BCUT2D eigenvalue weighted by Crippen LogP contribution is -1.99. The summed E-state index contributed by atoms with van der Waals surface area (Å²) in [6.07, 6.45) is 3.05. The number of nitrogens with zero attached hydrogens (tertiary/aromatic N) is 2. The fourth-order valence-corrected chi connectivity index (χ4v) is 1.18. The monoisotopic (exact) mass is 205 g/mol. The van der Waals surface area contributed by atoms with Crippen molar-refractivity contribution in [3.05, 3.63) is 30.2 Å². The Balaban J connectivity index is 2.58. The third kappa shape index (κ3) is 1.64. The van der Waals surface area contributed by atoms with E-state index < -0.39 is 5.97 Å². The number of rotatable bonds is 2. The average molecular weight is 205 g/mol. The van der Waals surface area contributed by atoms with Crippen LogP contribution >= 0.6 is 0 Å². The maximum Gasteiger partial charge on any atom is 0.358 e. The van der Waals surface area contributed by atoms with Crippen molar-refractivity contribution >= 4 is 12.0 Å². The fourth-order valence-electron chi connectivity index (χ4n) is 1.18. The molecule has 0 saturated carbocycles. The summed E-state index contributed by atoms with van der Waals surface area (Å²) < 4.78 is 5.02. The Morgan fingerprint density at radius 3 is 2.67 bits per heavy atom. The molecule has 0 aliphatic heterocycles. The molecule has 6 heteroatoms. The fraction of sp³-hybridized carbons (Fsp3) is 0. The summed E-state index contributed by atoms with van der Waals surface area (Å²) in [5, 5.41) is 8.85. The molecule has 2 aromatic rings. The SMILES string of the molecule is Nc1nc(C(=O)O)c(-c2ccncc2)o1. The predicted molar refractivity (Wildman–Crippen MR) is 51.1 cm³/mol. The van der Waals surface area contributed by atoms with Crippen LogP contribution in [0.15, 0.2) is 28.9 Å². The molecule has 0 saturated heterocycles. The van der Waals surface area contributed by atoms with Crippen LogP contribution in [0.1, 0.15) is 10.5 Å². The van der Waals surface area contributed by atoms with Crippen molar-refractivity contribution in [3.63, 3.8) is 0 Å². The number of anilines is 1. The quantitative estimate of drug-likeness (QED) is 0.758. The van der Waals surface area contributed by atoms with E-state index in [-0.39, 0.29) is 17.5 Å². The first-order chi connectivity index (χ1) is 7.18. The number of hydrogen-bond acceptors (Lipinski definition) is 5. The average Bonchev–Trinajstić information content (AvgIpc) is 2.62. The zero-order chi connectivity index (χ0) is 10.8. The van der Waals surface area contributed by atoms with Crippen LogP contribution in [0, 0.1) is 0 Å². The van der Waals surface area contributed by atoms with Crippen LogP contribution in [0.25, 0.3) is 11.3 Å². The predicted octanol–water partition coefficient (Wildman–Crippen LogP) is 1.02. The maximum absolute atomic E-state index is 10.8. The lowest BCUT2D eigenvalue weighted by molar-refractivity contribution is 0.0691. The minimum absolute atomic E-state index is 0.141. The Morgan fingerprint density at radius 2 is 2.07 bits per heavy atom. The molecule has 0 spiro atoms. The lowest BCUT2D eigenvalue weighted by Gasteiger charge is -1.95. The van der Waals surface area contributed by atoms with E-state index in [1.807, 2.05) is 0 Å². The third-order valence-electron chi connectivity index (χ3n) is 1.79. The molecule has 2 heterocycles. The van der Waals surface area contributed by atoms with E-state index >= 15 is 0 Å². The Kier molecular flexibility index (Phi) is 2.09. The number of nitrogen functional groups attached to an aromatic ring is 1. The second kappa shape index (κ2) is 3.41. The Bertz CT molecular complexity index is 493. The molecule has 0 amide bonds. The highest BCUT2D eigenvalue weighted by atomic mass is 16.4. The minimum Gasteiger partial charge on any atom is -0.476 e. The van der Waals surface area contributed by atoms with E-state index in [9.17, 15) is 4.79 Å². The van der Waals surface area contributed by atoms with Crippen molar-refractivity contribution < 1.29 is 14.3 Å². The number of carboxylic acids is 1. The van der Waals surface area contributed by atoms with E-state index in [0.717, 1.165) is 0 Å². The van der Waals surface area contributed by atoms with Gasteiger partial charge in [0.05, 0.1) is 0 Å². The molecule has 0 atom stereocenters. The van der Waals surface area contributed by atoms with Crippen LogP contribution in [-0.4, -0.2) is 21.0 Å². The van der Waals surface area contributed by atoms with E-state index in [1.165, 1.54) is 12.4 Å².